The predicted octanol–water partition coefficient (Wildman–Crippen LogP) is 2.11. The van der Waals surface area contributed by atoms with Crippen molar-refractivity contribution in [1.29, 1.82) is 0 Å². The van der Waals surface area contributed by atoms with E-state index in [1.54, 1.807) is 6.92 Å². The Kier molecular flexibility index (Phi) is 5.25. The lowest BCUT2D eigenvalue weighted by Crippen LogP contribution is -2.35. The van der Waals surface area contributed by atoms with Crippen LogP contribution >= 0.6 is 0 Å². The van der Waals surface area contributed by atoms with Gasteiger partial charge in [-0.05, 0) is 38.6 Å². The van der Waals surface area contributed by atoms with Crippen LogP contribution in [0, 0.1) is 5.92 Å². The molecule has 3 atom stereocenters. The molecule has 0 radical (unpaired) electrons. The molecule has 0 bridgehead atoms. The molecular formula is C12H25NO2S. The van der Waals surface area contributed by atoms with Crippen molar-refractivity contribution in [3.05, 3.63) is 0 Å². The Morgan fingerprint density at radius 3 is 2.62 bits per heavy atom. The highest BCUT2D eigenvalue weighted by Gasteiger charge is 2.34. The van der Waals surface area contributed by atoms with Gasteiger partial charge in [-0.2, -0.15) is 0 Å². The van der Waals surface area contributed by atoms with Crippen molar-refractivity contribution in [3.63, 3.8) is 0 Å². The van der Waals surface area contributed by atoms with Gasteiger partial charge in [0, 0.05) is 0 Å². The molecule has 0 amide bonds. The first-order chi connectivity index (χ1) is 7.52. The molecule has 0 aromatic carbocycles. The lowest BCUT2D eigenvalue weighted by Gasteiger charge is -2.30. The average molecular weight is 247 g/mol. The van der Waals surface area contributed by atoms with E-state index in [9.17, 15) is 8.42 Å². The highest BCUT2D eigenvalue weighted by Crippen LogP contribution is 2.32. The summed E-state index contributed by atoms with van der Waals surface area (Å²) in [6.07, 6.45) is 5.69. The first-order valence-electron chi connectivity index (χ1n) is 6.45. The van der Waals surface area contributed by atoms with E-state index in [2.05, 4.69) is 6.92 Å². The summed E-state index contributed by atoms with van der Waals surface area (Å²) in [5, 5.41) is -0.370. The predicted molar refractivity (Wildman–Crippen MR) is 68.1 cm³/mol. The van der Waals surface area contributed by atoms with Crippen LogP contribution < -0.4 is 5.73 Å². The smallest absolute Gasteiger partial charge is 0.155 e. The summed E-state index contributed by atoms with van der Waals surface area (Å²) in [6.45, 7) is 4.42. The molecule has 0 spiro atoms. The van der Waals surface area contributed by atoms with E-state index >= 15 is 0 Å². The van der Waals surface area contributed by atoms with Crippen molar-refractivity contribution >= 4 is 9.84 Å². The van der Waals surface area contributed by atoms with Crippen molar-refractivity contribution in [1.82, 2.24) is 0 Å². The van der Waals surface area contributed by atoms with E-state index in [4.69, 9.17) is 5.73 Å². The maximum Gasteiger partial charge on any atom is 0.155 e. The molecule has 4 heteroatoms. The molecule has 0 heterocycles. The molecule has 0 saturated heterocycles. The molecule has 0 aliphatic heterocycles. The molecule has 0 aromatic rings. The number of hydrogen-bond acceptors (Lipinski definition) is 3. The monoisotopic (exact) mass is 247 g/mol. The molecule has 96 valence electrons. The molecule has 3 unspecified atom stereocenters. The highest BCUT2D eigenvalue weighted by atomic mass is 32.2. The normalized spacial score (nSPS) is 28.9. The number of nitrogens with two attached hydrogens (primary N) is 1. The molecule has 3 nitrogen and oxygen atoms in total. The Labute approximate surface area is 99.7 Å². The standard InChI is InChI=1S/C12H25NO2S/c1-3-11-5-4-6-12(9-11)16(14,15)10(2)7-8-13/h10-12H,3-9,13H2,1-2H3. The lowest BCUT2D eigenvalue weighted by molar-refractivity contribution is 0.347. The van der Waals surface area contributed by atoms with Gasteiger partial charge in [-0.3, -0.25) is 0 Å². The molecular weight excluding hydrogens is 222 g/mol. The quantitative estimate of drug-likeness (QED) is 0.809. The van der Waals surface area contributed by atoms with Gasteiger partial charge >= 0.3 is 0 Å². The van der Waals surface area contributed by atoms with Crippen LogP contribution in [0.3, 0.4) is 0 Å². The van der Waals surface area contributed by atoms with E-state index in [0.717, 1.165) is 25.7 Å². The van der Waals surface area contributed by atoms with Gasteiger partial charge in [0.1, 0.15) is 0 Å². The van der Waals surface area contributed by atoms with Gasteiger partial charge in [-0.25, -0.2) is 8.42 Å². The van der Waals surface area contributed by atoms with E-state index < -0.39 is 9.84 Å². The summed E-state index contributed by atoms with van der Waals surface area (Å²) in [5.74, 6) is 0.610. The number of hydrogen-bond donors (Lipinski definition) is 1. The average Bonchev–Trinajstić information content (AvgIpc) is 2.29. The maximum atomic E-state index is 12.3. The number of rotatable bonds is 5. The second kappa shape index (κ2) is 6.01. The Hall–Kier alpha value is -0.0900. The van der Waals surface area contributed by atoms with Crippen LogP contribution in [0.2, 0.25) is 0 Å². The van der Waals surface area contributed by atoms with Crippen molar-refractivity contribution in [2.24, 2.45) is 11.7 Å². The van der Waals surface area contributed by atoms with E-state index in [-0.39, 0.29) is 10.5 Å². The molecule has 1 saturated carbocycles. The molecule has 16 heavy (non-hydrogen) atoms. The Morgan fingerprint density at radius 2 is 2.06 bits per heavy atom. The molecule has 2 N–H and O–H groups in total. The number of sulfone groups is 1. The zero-order valence-corrected chi connectivity index (χ0v) is 11.3. The van der Waals surface area contributed by atoms with Crippen LogP contribution in [-0.2, 0) is 9.84 Å². The largest absolute Gasteiger partial charge is 0.330 e. The van der Waals surface area contributed by atoms with Crippen molar-refractivity contribution in [2.45, 2.75) is 62.9 Å². The van der Waals surface area contributed by atoms with E-state index in [0.29, 0.717) is 18.9 Å². The van der Waals surface area contributed by atoms with Crippen molar-refractivity contribution in [3.8, 4) is 0 Å². The van der Waals surface area contributed by atoms with Gasteiger partial charge in [-0.1, -0.05) is 26.2 Å². The fraction of sp³-hybridized carbons (Fsp3) is 1.00. The third-order valence-corrected chi connectivity index (χ3v) is 6.63. The zero-order chi connectivity index (χ0) is 12.2. The minimum Gasteiger partial charge on any atom is -0.330 e. The van der Waals surface area contributed by atoms with Crippen LogP contribution in [-0.4, -0.2) is 25.5 Å². The van der Waals surface area contributed by atoms with E-state index in [1.807, 2.05) is 0 Å². The topological polar surface area (TPSA) is 60.2 Å². The van der Waals surface area contributed by atoms with Gasteiger partial charge in [0.15, 0.2) is 9.84 Å². The third kappa shape index (κ3) is 3.20. The Bertz CT molecular complexity index is 300. The summed E-state index contributed by atoms with van der Waals surface area (Å²) in [6, 6.07) is 0. The van der Waals surface area contributed by atoms with Crippen molar-refractivity contribution < 1.29 is 8.42 Å². The fourth-order valence-corrected chi connectivity index (χ4v) is 4.80. The van der Waals surface area contributed by atoms with Crippen LogP contribution in [0.5, 0.6) is 0 Å². The minimum absolute atomic E-state index is 0.104. The summed E-state index contributed by atoms with van der Waals surface area (Å²) < 4.78 is 24.6. The van der Waals surface area contributed by atoms with Crippen molar-refractivity contribution in [2.75, 3.05) is 6.54 Å². The molecule has 1 rings (SSSR count). The summed E-state index contributed by atoms with van der Waals surface area (Å²) in [4.78, 5) is 0. The molecule has 0 aromatic heterocycles. The van der Waals surface area contributed by atoms with Gasteiger partial charge in [0.05, 0.1) is 10.5 Å². The highest BCUT2D eigenvalue weighted by molar-refractivity contribution is 7.92. The van der Waals surface area contributed by atoms with Gasteiger partial charge in [0.25, 0.3) is 0 Å². The van der Waals surface area contributed by atoms with Crippen LogP contribution in [0.15, 0.2) is 0 Å². The summed E-state index contributed by atoms with van der Waals surface area (Å²) in [5.41, 5.74) is 5.44. The first kappa shape index (κ1) is 14.0. The second-order valence-electron chi connectivity index (χ2n) is 5.04. The van der Waals surface area contributed by atoms with Crippen LogP contribution in [0.1, 0.15) is 52.4 Å². The Balaban J connectivity index is 2.67. The molecule has 1 aliphatic carbocycles. The first-order valence-corrected chi connectivity index (χ1v) is 8.06. The summed E-state index contributed by atoms with van der Waals surface area (Å²) in [7, 11) is -2.95. The van der Waals surface area contributed by atoms with Gasteiger partial charge in [0.2, 0.25) is 0 Å². The van der Waals surface area contributed by atoms with Crippen LogP contribution in [0.25, 0.3) is 0 Å². The SMILES string of the molecule is CCC1CCCC(S(=O)(=O)C(C)CCN)C1. The zero-order valence-electron chi connectivity index (χ0n) is 10.5. The minimum atomic E-state index is -2.95. The molecule has 1 aliphatic rings. The fourth-order valence-electron chi connectivity index (χ4n) is 2.64. The summed E-state index contributed by atoms with van der Waals surface area (Å²) >= 11 is 0. The second-order valence-corrected chi connectivity index (χ2v) is 7.69. The van der Waals surface area contributed by atoms with Gasteiger partial charge in [-0.15, -0.1) is 0 Å². The molecule has 1 fully saturated rings. The Morgan fingerprint density at radius 1 is 1.38 bits per heavy atom. The lowest BCUT2D eigenvalue weighted by atomic mass is 9.87. The maximum absolute atomic E-state index is 12.3. The van der Waals surface area contributed by atoms with Crippen LogP contribution in [0.4, 0.5) is 0 Å². The van der Waals surface area contributed by atoms with Gasteiger partial charge < -0.3 is 5.73 Å². The third-order valence-electron chi connectivity index (χ3n) is 3.91. The van der Waals surface area contributed by atoms with E-state index in [1.165, 1.54) is 6.42 Å².